The Morgan fingerprint density at radius 1 is 1.20 bits per heavy atom. The molecule has 0 aliphatic carbocycles. The molecular formula is C13H9BrF2N2O2. The summed E-state index contributed by atoms with van der Waals surface area (Å²) in [4.78, 5) is 10.4. The summed E-state index contributed by atoms with van der Waals surface area (Å²) in [5.74, 6) is -1.49. The van der Waals surface area contributed by atoms with Crippen LogP contribution < -0.4 is 5.32 Å². The van der Waals surface area contributed by atoms with Gasteiger partial charge in [0.05, 0.1) is 4.92 Å². The second-order valence-electron chi connectivity index (χ2n) is 3.98. The molecule has 20 heavy (non-hydrogen) atoms. The molecule has 0 amide bonds. The number of hydrogen-bond acceptors (Lipinski definition) is 3. The molecule has 2 aromatic rings. The normalized spacial score (nSPS) is 10.3. The van der Waals surface area contributed by atoms with Gasteiger partial charge in [-0.1, -0.05) is 22.0 Å². The zero-order valence-corrected chi connectivity index (χ0v) is 11.7. The fourth-order valence-electron chi connectivity index (χ4n) is 1.71. The van der Waals surface area contributed by atoms with Crippen molar-refractivity contribution in [1.82, 2.24) is 0 Å². The molecule has 1 N–H and O–H groups in total. The Labute approximate surface area is 121 Å². The highest BCUT2D eigenvalue weighted by Crippen LogP contribution is 2.25. The van der Waals surface area contributed by atoms with Crippen molar-refractivity contribution in [2.75, 3.05) is 5.32 Å². The third-order valence-electron chi connectivity index (χ3n) is 2.66. The van der Waals surface area contributed by atoms with E-state index in [4.69, 9.17) is 0 Å². The van der Waals surface area contributed by atoms with Crippen molar-refractivity contribution in [3.8, 4) is 0 Å². The van der Waals surface area contributed by atoms with Crippen LogP contribution >= 0.6 is 15.9 Å². The molecule has 4 nitrogen and oxygen atoms in total. The topological polar surface area (TPSA) is 55.2 Å². The lowest BCUT2D eigenvalue weighted by atomic mass is 10.1. The van der Waals surface area contributed by atoms with Crippen molar-refractivity contribution in [3.63, 3.8) is 0 Å². The second-order valence-corrected chi connectivity index (χ2v) is 4.90. The summed E-state index contributed by atoms with van der Waals surface area (Å²) in [6.45, 7) is -0.0541. The summed E-state index contributed by atoms with van der Waals surface area (Å²) in [6, 6.07) is 7.96. The zero-order chi connectivity index (χ0) is 14.7. The van der Waals surface area contributed by atoms with E-state index in [-0.39, 0.29) is 17.9 Å². The molecule has 0 aromatic heterocycles. The van der Waals surface area contributed by atoms with E-state index in [2.05, 4.69) is 21.2 Å². The molecule has 7 heteroatoms. The van der Waals surface area contributed by atoms with Crippen LogP contribution in [-0.2, 0) is 6.54 Å². The van der Waals surface area contributed by atoms with Crippen LogP contribution in [0.4, 0.5) is 20.2 Å². The van der Waals surface area contributed by atoms with Gasteiger partial charge in [0.2, 0.25) is 0 Å². The molecule has 104 valence electrons. The number of nitrogens with zero attached hydrogens (tertiary/aromatic N) is 1. The third-order valence-corrected chi connectivity index (χ3v) is 3.16. The van der Waals surface area contributed by atoms with Gasteiger partial charge >= 0.3 is 0 Å². The minimum Gasteiger partial charge on any atom is -0.376 e. The Bertz CT molecular complexity index is 645. The highest BCUT2D eigenvalue weighted by Gasteiger charge is 2.15. The van der Waals surface area contributed by atoms with Gasteiger partial charge in [-0.15, -0.1) is 0 Å². The molecule has 0 heterocycles. The summed E-state index contributed by atoms with van der Waals surface area (Å²) in [6.07, 6.45) is 0. The molecular weight excluding hydrogens is 334 g/mol. The third kappa shape index (κ3) is 3.11. The number of nitrogens with one attached hydrogen (secondary N) is 1. The number of para-hydroxylation sites is 1. The van der Waals surface area contributed by atoms with Crippen LogP contribution in [0.2, 0.25) is 0 Å². The van der Waals surface area contributed by atoms with Crippen LogP contribution in [0.15, 0.2) is 40.9 Å². The van der Waals surface area contributed by atoms with E-state index in [1.807, 2.05) is 0 Å². The second kappa shape index (κ2) is 5.96. The largest absolute Gasteiger partial charge is 0.376 e. The molecule has 0 aliphatic rings. The van der Waals surface area contributed by atoms with Crippen LogP contribution in [-0.4, -0.2) is 4.92 Å². The van der Waals surface area contributed by atoms with Gasteiger partial charge < -0.3 is 5.32 Å². The van der Waals surface area contributed by atoms with E-state index in [1.54, 1.807) is 6.07 Å². The summed E-state index contributed by atoms with van der Waals surface area (Å²) in [7, 11) is 0. The van der Waals surface area contributed by atoms with Gasteiger partial charge in [-0.25, -0.2) is 8.78 Å². The Hall–Kier alpha value is -2.02. The van der Waals surface area contributed by atoms with Crippen LogP contribution in [0.3, 0.4) is 0 Å². The lowest BCUT2D eigenvalue weighted by molar-refractivity contribution is -0.385. The molecule has 0 aliphatic heterocycles. The number of hydrogen-bond donors (Lipinski definition) is 1. The number of halogens is 3. The highest BCUT2D eigenvalue weighted by atomic mass is 79.9. The predicted octanol–water partition coefficient (Wildman–Crippen LogP) is 4.25. The van der Waals surface area contributed by atoms with Crippen molar-refractivity contribution >= 4 is 27.3 Å². The van der Waals surface area contributed by atoms with E-state index >= 15 is 0 Å². The number of anilines is 1. The SMILES string of the molecule is O=[N+]([O-])c1cc(Br)ccc1CNc1c(F)cccc1F. The highest BCUT2D eigenvalue weighted by molar-refractivity contribution is 9.10. The van der Waals surface area contributed by atoms with Crippen LogP contribution in [0.1, 0.15) is 5.56 Å². The molecule has 0 saturated carbocycles. The molecule has 2 rings (SSSR count). The van der Waals surface area contributed by atoms with Gasteiger partial charge in [-0.05, 0) is 24.3 Å². The maximum atomic E-state index is 13.4. The van der Waals surface area contributed by atoms with E-state index < -0.39 is 16.6 Å². The smallest absolute Gasteiger partial charge is 0.275 e. The first-order valence-corrected chi connectivity index (χ1v) is 6.39. The van der Waals surface area contributed by atoms with Gasteiger partial charge in [0.1, 0.15) is 17.3 Å². The Morgan fingerprint density at radius 2 is 1.85 bits per heavy atom. The summed E-state index contributed by atoms with van der Waals surface area (Å²) >= 11 is 3.14. The van der Waals surface area contributed by atoms with Crippen LogP contribution in [0.5, 0.6) is 0 Å². The van der Waals surface area contributed by atoms with Gasteiger partial charge in [0, 0.05) is 22.6 Å². The molecule has 0 bridgehead atoms. The minimum atomic E-state index is -0.746. The molecule has 0 saturated heterocycles. The molecule has 0 spiro atoms. The number of nitro benzene ring substituents is 1. The maximum Gasteiger partial charge on any atom is 0.275 e. The van der Waals surface area contributed by atoms with Crippen molar-refractivity contribution in [2.24, 2.45) is 0 Å². The fourth-order valence-corrected chi connectivity index (χ4v) is 2.06. The van der Waals surface area contributed by atoms with E-state index in [0.717, 1.165) is 12.1 Å². The lowest BCUT2D eigenvalue weighted by Gasteiger charge is -2.09. The van der Waals surface area contributed by atoms with E-state index in [9.17, 15) is 18.9 Å². The van der Waals surface area contributed by atoms with Crippen molar-refractivity contribution in [1.29, 1.82) is 0 Å². The Morgan fingerprint density at radius 3 is 2.45 bits per heavy atom. The molecule has 0 unspecified atom stereocenters. The van der Waals surface area contributed by atoms with Crippen molar-refractivity contribution in [2.45, 2.75) is 6.54 Å². The standard InChI is InChI=1S/C13H9BrF2N2O2/c14-9-5-4-8(12(6-9)18(19)20)7-17-13-10(15)2-1-3-11(13)16/h1-6,17H,7H2. The first-order valence-electron chi connectivity index (χ1n) is 5.59. The van der Waals surface area contributed by atoms with Gasteiger partial charge in [-0.3, -0.25) is 10.1 Å². The maximum absolute atomic E-state index is 13.4. The quantitative estimate of drug-likeness (QED) is 0.667. The fraction of sp³-hybridized carbons (Fsp3) is 0.0769. The number of rotatable bonds is 4. The van der Waals surface area contributed by atoms with Gasteiger partial charge in [0.25, 0.3) is 5.69 Å². The van der Waals surface area contributed by atoms with Crippen LogP contribution in [0.25, 0.3) is 0 Å². The molecule has 2 aromatic carbocycles. The first kappa shape index (κ1) is 14.4. The zero-order valence-electron chi connectivity index (χ0n) is 10.1. The van der Waals surface area contributed by atoms with Crippen LogP contribution in [0, 0.1) is 21.7 Å². The van der Waals surface area contributed by atoms with Crippen molar-refractivity contribution in [3.05, 3.63) is 68.2 Å². The van der Waals surface area contributed by atoms with E-state index in [0.29, 0.717) is 10.0 Å². The first-order chi connectivity index (χ1) is 9.49. The van der Waals surface area contributed by atoms with Crippen molar-refractivity contribution < 1.29 is 13.7 Å². The van der Waals surface area contributed by atoms with Gasteiger partial charge in [0.15, 0.2) is 0 Å². The molecule has 0 radical (unpaired) electrons. The predicted molar refractivity (Wildman–Crippen MR) is 74.5 cm³/mol. The number of nitro groups is 1. The molecule has 0 fully saturated rings. The van der Waals surface area contributed by atoms with Gasteiger partial charge in [-0.2, -0.15) is 0 Å². The lowest BCUT2D eigenvalue weighted by Crippen LogP contribution is -2.06. The summed E-state index contributed by atoms with van der Waals surface area (Å²) in [5, 5.41) is 13.5. The minimum absolute atomic E-state index is 0.0541. The summed E-state index contributed by atoms with van der Waals surface area (Å²) < 4.78 is 27.4. The molecule has 0 atom stereocenters. The average molecular weight is 343 g/mol. The summed E-state index contributed by atoms with van der Waals surface area (Å²) in [5.41, 5.74) is -0.0887. The Kier molecular flexibility index (Phi) is 4.29. The number of benzene rings is 2. The average Bonchev–Trinajstić information content (AvgIpc) is 2.39. The Balaban J connectivity index is 2.25. The monoisotopic (exact) mass is 342 g/mol. The van der Waals surface area contributed by atoms with E-state index in [1.165, 1.54) is 18.2 Å².